The Morgan fingerprint density at radius 2 is 1.27 bits per heavy atom. The van der Waals surface area contributed by atoms with Gasteiger partial charge >= 0.3 is 11.9 Å². The molecule has 0 fully saturated rings. The molecule has 40 heavy (non-hydrogen) atoms. The van der Waals surface area contributed by atoms with Crippen LogP contribution in [0.15, 0.2) is 36.4 Å². The first kappa shape index (κ1) is 32.4. The number of carbonyl (C=O) groups is 3. The standard InChI is InChI=1S/C32H42O8/c1-20(2)40-28-22(4)17-21(3)27(37-19-39-30(35)32(8,9)10)25(28)15-16-26(33)23-11-13-24(14-12-23)36-18-38-29(34)31(5,6)7/h11-17,20H,18-19H2,1-10H3. The molecule has 0 N–H and O–H groups in total. The molecule has 0 spiro atoms. The summed E-state index contributed by atoms with van der Waals surface area (Å²) in [5, 5.41) is 0. The molecule has 0 radical (unpaired) electrons. The molecule has 0 aliphatic carbocycles. The van der Waals surface area contributed by atoms with Crippen molar-refractivity contribution in [1.29, 1.82) is 0 Å². The van der Waals surface area contributed by atoms with Gasteiger partial charge in [0.25, 0.3) is 0 Å². The predicted molar refractivity (Wildman–Crippen MR) is 154 cm³/mol. The summed E-state index contributed by atoms with van der Waals surface area (Å²) in [7, 11) is 0. The maximum atomic E-state index is 13.0. The van der Waals surface area contributed by atoms with Crippen molar-refractivity contribution in [3.63, 3.8) is 0 Å². The van der Waals surface area contributed by atoms with Crippen molar-refractivity contribution in [3.05, 3.63) is 58.7 Å². The minimum absolute atomic E-state index is 0.119. The van der Waals surface area contributed by atoms with Crippen molar-refractivity contribution in [3.8, 4) is 17.2 Å². The zero-order valence-corrected chi connectivity index (χ0v) is 25.3. The van der Waals surface area contributed by atoms with Gasteiger partial charge in [0.2, 0.25) is 13.6 Å². The van der Waals surface area contributed by atoms with Gasteiger partial charge < -0.3 is 23.7 Å². The van der Waals surface area contributed by atoms with E-state index in [1.165, 1.54) is 6.08 Å². The number of benzene rings is 2. The number of carbonyl (C=O) groups excluding carboxylic acids is 3. The number of hydrogen-bond donors (Lipinski definition) is 0. The van der Waals surface area contributed by atoms with E-state index in [0.29, 0.717) is 28.4 Å². The zero-order valence-electron chi connectivity index (χ0n) is 25.3. The van der Waals surface area contributed by atoms with Gasteiger partial charge in [-0.1, -0.05) is 0 Å². The van der Waals surface area contributed by atoms with Crippen LogP contribution in [0.4, 0.5) is 0 Å². The summed E-state index contributed by atoms with van der Waals surface area (Å²) in [6.07, 6.45) is 2.97. The maximum Gasteiger partial charge on any atom is 0.314 e. The van der Waals surface area contributed by atoms with Gasteiger partial charge in [0.1, 0.15) is 17.2 Å². The topological polar surface area (TPSA) is 97.4 Å². The quantitative estimate of drug-likeness (QED) is 0.129. The zero-order chi connectivity index (χ0) is 30.3. The minimum Gasteiger partial charge on any atom is -0.490 e. The van der Waals surface area contributed by atoms with Crippen LogP contribution in [0.25, 0.3) is 6.08 Å². The van der Waals surface area contributed by atoms with Crippen molar-refractivity contribution < 1.29 is 38.1 Å². The maximum absolute atomic E-state index is 13.0. The molecule has 0 heterocycles. The SMILES string of the molecule is Cc1cc(C)c(OC(C)C)c(C=CC(=O)c2ccc(OCOC(=O)C(C)(C)C)cc2)c1OCOC(=O)C(C)(C)C. The first-order valence-electron chi connectivity index (χ1n) is 13.2. The van der Waals surface area contributed by atoms with E-state index in [0.717, 1.165) is 11.1 Å². The Labute approximate surface area is 237 Å². The van der Waals surface area contributed by atoms with Crippen LogP contribution in [0, 0.1) is 24.7 Å². The van der Waals surface area contributed by atoms with E-state index in [4.69, 9.17) is 23.7 Å². The molecule has 0 bridgehead atoms. The van der Waals surface area contributed by atoms with Crippen molar-refractivity contribution in [2.75, 3.05) is 13.6 Å². The van der Waals surface area contributed by atoms with Crippen LogP contribution >= 0.6 is 0 Å². The lowest BCUT2D eigenvalue weighted by Gasteiger charge is -2.21. The Morgan fingerprint density at radius 3 is 1.77 bits per heavy atom. The van der Waals surface area contributed by atoms with Crippen LogP contribution in [0.5, 0.6) is 17.2 Å². The smallest absolute Gasteiger partial charge is 0.314 e. The van der Waals surface area contributed by atoms with Crippen molar-refractivity contribution in [2.45, 2.75) is 75.3 Å². The largest absolute Gasteiger partial charge is 0.490 e. The lowest BCUT2D eigenvalue weighted by molar-refractivity contribution is -0.160. The second kappa shape index (κ2) is 13.5. The fraction of sp³-hybridized carbons (Fsp3) is 0.469. The fourth-order valence-electron chi connectivity index (χ4n) is 3.42. The molecule has 2 aromatic rings. The summed E-state index contributed by atoms with van der Waals surface area (Å²) in [6.45, 7) is 17.7. The first-order valence-corrected chi connectivity index (χ1v) is 13.2. The van der Waals surface area contributed by atoms with Crippen LogP contribution in [0.3, 0.4) is 0 Å². The van der Waals surface area contributed by atoms with E-state index < -0.39 is 10.8 Å². The highest BCUT2D eigenvalue weighted by atomic mass is 16.7. The van der Waals surface area contributed by atoms with E-state index in [1.54, 1.807) is 71.9 Å². The number of esters is 2. The Kier molecular flexibility index (Phi) is 10.9. The Balaban J connectivity index is 2.24. The van der Waals surface area contributed by atoms with Gasteiger partial charge in [-0.2, -0.15) is 0 Å². The Morgan fingerprint density at radius 1 is 0.775 bits per heavy atom. The molecule has 0 saturated heterocycles. The minimum atomic E-state index is -0.662. The third-order valence-electron chi connectivity index (χ3n) is 5.57. The number of ether oxygens (including phenoxy) is 5. The van der Waals surface area contributed by atoms with E-state index >= 15 is 0 Å². The normalized spacial score (nSPS) is 11.9. The molecule has 8 heteroatoms. The highest BCUT2D eigenvalue weighted by Gasteiger charge is 2.24. The number of ketones is 1. The summed E-state index contributed by atoms with van der Waals surface area (Å²) in [6, 6.07) is 8.45. The summed E-state index contributed by atoms with van der Waals surface area (Å²) < 4.78 is 27.9. The average molecular weight is 555 g/mol. The van der Waals surface area contributed by atoms with Gasteiger partial charge in [0.05, 0.1) is 22.5 Å². The average Bonchev–Trinajstić information content (AvgIpc) is 2.84. The van der Waals surface area contributed by atoms with Gasteiger partial charge in [0, 0.05) is 5.56 Å². The van der Waals surface area contributed by atoms with E-state index in [-0.39, 0.29) is 37.4 Å². The monoisotopic (exact) mass is 554 g/mol. The van der Waals surface area contributed by atoms with Crippen LogP contribution in [-0.2, 0) is 19.1 Å². The Bertz CT molecular complexity index is 1230. The van der Waals surface area contributed by atoms with Crippen LogP contribution in [0.1, 0.15) is 82.4 Å². The molecule has 8 nitrogen and oxygen atoms in total. The molecule has 2 rings (SSSR count). The molecule has 218 valence electrons. The van der Waals surface area contributed by atoms with Crippen LogP contribution in [0.2, 0.25) is 0 Å². The highest BCUT2D eigenvalue weighted by Crippen LogP contribution is 2.37. The lowest BCUT2D eigenvalue weighted by atomic mass is 9.97. The molecule has 0 aromatic heterocycles. The summed E-state index contributed by atoms with van der Waals surface area (Å²) in [4.78, 5) is 37.1. The van der Waals surface area contributed by atoms with Crippen molar-refractivity contribution in [2.24, 2.45) is 10.8 Å². The van der Waals surface area contributed by atoms with Crippen LogP contribution < -0.4 is 14.2 Å². The third-order valence-corrected chi connectivity index (χ3v) is 5.57. The summed E-state index contributed by atoms with van der Waals surface area (Å²) in [5.41, 5.74) is 1.42. The number of aryl methyl sites for hydroxylation is 2. The van der Waals surface area contributed by atoms with Crippen LogP contribution in [-0.4, -0.2) is 37.4 Å². The number of rotatable bonds is 11. The predicted octanol–water partition coefficient (Wildman–Crippen LogP) is 6.84. The lowest BCUT2D eigenvalue weighted by Crippen LogP contribution is -2.24. The summed E-state index contributed by atoms with van der Waals surface area (Å²) in [5.74, 6) is 0.501. The number of allylic oxidation sites excluding steroid dienone is 1. The molecule has 0 aliphatic rings. The molecule has 0 aliphatic heterocycles. The molecule has 2 aromatic carbocycles. The Hall–Kier alpha value is -3.81. The second-order valence-corrected chi connectivity index (χ2v) is 11.9. The van der Waals surface area contributed by atoms with E-state index in [2.05, 4.69) is 0 Å². The molecule has 0 amide bonds. The molecular weight excluding hydrogens is 512 g/mol. The highest BCUT2D eigenvalue weighted by molar-refractivity contribution is 6.07. The van der Waals surface area contributed by atoms with E-state index in [1.807, 2.05) is 33.8 Å². The molecule has 0 saturated carbocycles. The van der Waals surface area contributed by atoms with E-state index in [9.17, 15) is 14.4 Å². The molecule has 0 unspecified atom stereocenters. The van der Waals surface area contributed by atoms with Gasteiger partial charge in [-0.3, -0.25) is 14.4 Å². The van der Waals surface area contributed by atoms with Gasteiger partial charge in [-0.15, -0.1) is 0 Å². The van der Waals surface area contributed by atoms with Gasteiger partial charge in [0.15, 0.2) is 5.78 Å². The second-order valence-electron chi connectivity index (χ2n) is 11.9. The van der Waals surface area contributed by atoms with Gasteiger partial charge in [-0.05, 0) is 123 Å². The van der Waals surface area contributed by atoms with Crippen molar-refractivity contribution >= 4 is 23.8 Å². The first-order chi connectivity index (χ1) is 18.5. The number of hydrogen-bond acceptors (Lipinski definition) is 8. The summed E-state index contributed by atoms with van der Waals surface area (Å²) >= 11 is 0. The molecular formula is C32H42O8. The van der Waals surface area contributed by atoms with Gasteiger partial charge in [-0.25, -0.2) is 0 Å². The van der Waals surface area contributed by atoms with Crippen molar-refractivity contribution in [1.82, 2.24) is 0 Å². The fourth-order valence-corrected chi connectivity index (χ4v) is 3.42. The third kappa shape index (κ3) is 9.43. The molecule has 0 atom stereocenters.